The second-order valence-corrected chi connectivity index (χ2v) is 7.63. The molecule has 1 saturated heterocycles. The molecule has 5 rings (SSSR count). The highest BCUT2D eigenvalue weighted by Crippen LogP contribution is 2.64. The van der Waals surface area contributed by atoms with Crippen LogP contribution in [-0.4, -0.2) is 40.3 Å². The molecule has 5 heteroatoms. The number of carbonyl (C=O) groups excluding carboxylic acids is 1. The number of ketones is 1. The van der Waals surface area contributed by atoms with Gasteiger partial charge in [0.2, 0.25) is 0 Å². The molecule has 3 N–H and O–H groups in total. The Morgan fingerprint density at radius 3 is 3.08 bits per heavy atom. The highest BCUT2D eigenvalue weighted by molar-refractivity contribution is 5.92. The Hall–Kier alpha value is -1.85. The summed E-state index contributed by atoms with van der Waals surface area (Å²) in [6, 6.07) is 3.44. The van der Waals surface area contributed by atoms with E-state index in [1.54, 1.807) is 12.1 Å². The zero-order valence-electron chi connectivity index (χ0n) is 13.4. The maximum absolute atomic E-state index is 13.1. The topological polar surface area (TPSA) is 78.8 Å². The Balaban J connectivity index is 1.80. The molecular weight excluding hydrogens is 306 g/mol. The Morgan fingerprint density at radius 2 is 2.29 bits per heavy atom. The van der Waals surface area contributed by atoms with E-state index in [4.69, 9.17) is 4.74 Å². The Morgan fingerprint density at radius 1 is 1.46 bits per heavy atom. The van der Waals surface area contributed by atoms with E-state index >= 15 is 0 Å². The second-order valence-electron chi connectivity index (χ2n) is 7.63. The number of rotatable bonds is 2. The summed E-state index contributed by atoms with van der Waals surface area (Å²) in [6.07, 6.45) is 3.31. The molecular formula is C19H21NO4. The van der Waals surface area contributed by atoms with E-state index in [1.165, 1.54) is 0 Å². The van der Waals surface area contributed by atoms with Crippen molar-refractivity contribution in [2.24, 2.45) is 5.92 Å². The summed E-state index contributed by atoms with van der Waals surface area (Å²) in [5.74, 6) is 0.212. The van der Waals surface area contributed by atoms with E-state index in [9.17, 15) is 15.0 Å². The monoisotopic (exact) mass is 327 g/mol. The molecule has 0 radical (unpaired) electrons. The van der Waals surface area contributed by atoms with Gasteiger partial charge in [0, 0.05) is 17.5 Å². The van der Waals surface area contributed by atoms with Crippen LogP contribution in [0.1, 0.15) is 30.4 Å². The molecule has 1 aromatic rings. The summed E-state index contributed by atoms with van der Waals surface area (Å²) in [5, 5.41) is 25.6. The molecule has 2 heterocycles. The third kappa shape index (κ3) is 1.38. The van der Waals surface area contributed by atoms with Crippen molar-refractivity contribution in [3.8, 4) is 11.5 Å². The van der Waals surface area contributed by atoms with Crippen LogP contribution in [0.4, 0.5) is 0 Å². The fourth-order valence-electron chi connectivity index (χ4n) is 5.76. The van der Waals surface area contributed by atoms with Gasteiger partial charge in [0.15, 0.2) is 23.4 Å². The van der Waals surface area contributed by atoms with Crippen molar-refractivity contribution in [2.75, 3.05) is 6.54 Å². The normalized spacial score (nSPS) is 41.5. The summed E-state index contributed by atoms with van der Waals surface area (Å²) in [7, 11) is 0. The lowest BCUT2D eigenvalue weighted by atomic mass is 9.47. The predicted octanol–water partition coefficient (Wildman–Crippen LogP) is 1.21. The lowest BCUT2D eigenvalue weighted by Crippen LogP contribution is -2.77. The van der Waals surface area contributed by atoms with Crippen LogP contribution in [0.2, 0.25) is 0 Å². The zero-order chi connectivity index (χ0) is 16.7. The molecule has 0 aromatic heterocycles. The number of aliphatic hydroxyl groups is 1. The van der Waals surface area contributed by atoms with Crippen LogP contribution in [0, 0.1) is 5.92 Å². The predicted molar refractivity (Wildman–Crippen MR) is 87.2 cm³/mol. The van der Waals surface area contributed by atoms with Gasteiger partial charge >= 0.3 is 0 Å². The van der Waals surface area contributed by atoms with Gasteiger partial charge in [-0.2, -0.15) is 0 Å². The van der Waals surface area contributed by atoms with Gasteiger partial charge in [0.25, 0.3) is 0 Å². The minimum atomic E-state index is -1.04. The molecule has 0 amide bonds. The van der Waals surface area contributed by atoms with Crippen LogP contribution in [0.3, 0.4) is 0 Å². The van der Waals surface area contributed by atoms with E-state index in [1.807, 2.05) is 6.07 Å². The molecule has 5 atom stereocenters. The fourth-order valence-corrected chi connectivity index (χ4v) is 5.76. The number of hydrogen-bond acceptors (Lipinski definition) is 5. The second kappa shape index (κ2) is 4.41. The van der Waals surface area contributed by atoms with Gasteiger partial charge in [-0.25, -0.2) is 0 Å². The van der Waals surface area contributed by atoms with Gasteiger partial charge in [0.05, 0.1) is 11.0 Å². The van der Waals surface area contributed by atoms with Crippen molar-refractivity contribution in [3.63, 3.8) is 0 Å². The number of ether oxygens (including phenoxy) is 1. The largest absolute Gasteiger partial charge is 0.504 e. The summed E-state index contributed by atoms with van der Waals surface area (Å²) in [5.41, 5.74) is 0.170. The number of phenols is 1. The molecule has 1 saturated carbocycles. The van der Waals surface area contributed by atoms with Crippen LogP contribution < -0.4 is 10.1 Å². The van der Waals surface area contributed by atoms with Crippen LogP contribution >= 0.6 is 0 Å². The number of Topliss-reactive ketones (excluding diaryl/α,β-unsaturated/α-hetero) is 1. The standard InChI is InChI=1S/C19H21NO4/c1-2-3-11-9-19(23)13-8-10-4-5-12(21)16-14(10)18(19,6-7-20-13)17(24-16)15(11)22/h2,4-5,11,13,17,20-21,23H,1,3,6-9H2/t11?,13?,17-,18-,19?/m0/s1. The minimum absolute atomic E-state index is 0.0312. The summed E-state index contributed by atoms with van der Waals surface area (Å²) < 4.78 is 6.04. The highest BCUT2D eigenvalue weighted by Gasteiger charge is 2.73. The van der Waals surface area contributed by atoms with Crippen molar-refractivity contribution >= 4 is 5.78 Å². The summed E-state index contributed by atoms with van der Waals surface area (Å²) in [4.78, 5) is 13.1. The van der Waals surface area contributed by atoms with Gasteiger partial charge in [-0.05, 0) is 43.9 Å². The molecule has 2 aliphatic carbocycles. The number of piperidine rings is 1. The number of aromatic hydroxyl groups is 1. The van der Waals surface area contributed by atoms with Gasteiger partial charge in [-0.1, -0.05) is 12.1 Å². The Labute approximate surface area is 140 Å². The first kappa shape index (κ1) is 14.5. The lowest BCUT2D eigenvalue weighted by Gasteiger charge is -2.60. The van der Waals surface area contributed by atoms with Crippen molar-refractivity contribution in [1.29, 1.82) is 0 Å². The first-order chi connectivity index (χ1) is 11.5. The number of hydrogen-bond donors (Lipinski definition) is 3. The Kier molecular flexibility index (Phi) is 2.66. The van der Waals surface area contributed by atoms with Crippen LogP contribution in [0.15, 0.2) is 24.8 Å². The fraction of sp³-hybridized carbons (Fsp3) is 0.526. The molecule has 4 aliphatic rings. The molecule has 5 nitrogen and oxygen atoms in total. The van der Waals surface area contributed by atoms with Crippen LogP contribution in [0.25, 0.3) is 0 Å². The quantitative estimate of drug-likeness (QED) is 0.712. The van der Waals surface area contributed by atoms with Crippen LogP contribution in [0.5, 0.6) is 11.5 Å². The SMILES string of the molecule is C=CCC1CC2(O)C3Cc4ccc(O)c5c4[C@@]2(CCN3)[C@@H](O5)C1=O. The maximum Gasteiger partial charge on any atom is 0.177 e. The van der Waals surface area contributed by atoms with Crippen molar-refractivity contribution in [3.05, 3.63) is 35.9 Å². The third-order valence-electron chi connectivity index (χ3n) is 6.71. The van der Waals surface area contributed by atoms with Crippen molar-refractivity contribution in [2.45, 2.75) is 48.8 Å². The molecule has 1 spiro atoms. The average molecular weight is 327 g/mol. The van der Waals surface area contributed by atoms with Gasteiger partial charge < -0.3 is 20.3 Å². The number of nitrogens with one attached hydrogen (secondary N) is 1. The molecule has 1 aromatic carbocycles. The first-order valence-corrected chi connectivity index (χ1v) is 8.65. The summed E-state index contributed by atoms with van der Waals surface area (Å²) in [6.45, 7) is 4.49. The number of benzene rings is 1. The van der Waals surface area contributed by atoms with Crippen LogP contribution in [-0.2, 0) is 16.6 Å². The summed E-state index contributed by atoms with van der Waals surface area (Å²) >= 11 is 0. The molecule has 126 valence electrons. The van der Waals surface area contributed by atoms with E-state index in [0.29, 0.717) is 31.4 Å². The molecule has 3 unspecified atom stereocenters. The van der Waals surface area contributed by atoms with Gasteiger partial charge in [0.1, 0.15) is 0 Å². The van der Waals surface area contributed by atoms with Crippen molar-refractivity contribution < 1.29 is 19.7 Å². The third-order valence-corrected chi connectivity index (χ3v) is 6.71. The number of allylic oxidation sites excluding steroid dienone is 1. The lowest BCUT2D eigenvalue weighted by molar-refractivity contribution is -0.176. The maximum atomic E-state index is 13.1. The van der Waals surface area contributed by atoms with E-state index in [2.05, 4.69) is 11.9 Å². The molecule has 2 fully saturated rings. The first-order valence-electron chi connectivity index (χ1n) is 8.65. The van der Waals surface area contributed by atoms with Gasteiger partial charge in [-0.3, -0.25) is 4.79 Å². The van der Waals surface area contributed by atoms with E-state index in [0.717, 1.165) is 17.7 Å². The zero-order valence-corrected chi connectivity index (χ0v) is 13.4. The molecule has 2 aliphatic heterocycles. The number of carbonyl (C=O) groups is 1. The van der Waals surface area contributed by atoms with Crippen molar-refractivity contribution in [1.82, 2.24) is 5.32 Å². The smallest absolute Gasteiger partial charge is 0.177 e. The van der Waals surface area contributed by atoms with Gasteiger partial charge in [-0.15, -0.1) is 6.58 Å². The molecule has 2 bridgehead atoms. The van der Waals surface area contributed by atoms with E-state index < -0.39 is 17.1 Å². The van der Waals surface area contributed by atoms with E-state index in [-0.39, 0.29) is 23.5 Å². The minimum Gasteiger partial charge on any atom is -0.504 e. The highest BCUT2D eigenvalue weighted by atomic mass is 16.5. The Bertz CT molecular complexity index is 775. The average Bonchev–Trinajstić information content (AvgIpc) is 2.89. The number of phenolic OH excluding ortho intramolecular Hbond substituents is 1. The molecule has 24 heavy (non-hydrogen) atoms.